The Labute approximate surface area is 90.2 Å². The Kier molecular flexibility index (Phi) is 2.63. The first kappa shape index (κ1) is 9.65. The van der Waals surface area contributed by atoms with Gasteiger partial charge in [-0.15, -0.1) is 0 Å². The molecule has 0 aliphatic rings. The van der Waals surface area contributed by atoms with Crippen molar-refractivity contribution in [1.82, 2.24) is 4.98 Å². The van der Waals surface area contributed by atoms with E-state index in [1.54, 1.807) is 18.2 Å². The van der Waals surface area contributed by atoms with Crippen LogP contribution in [0.1, 0.15) is 0 Å². The van der Waals surface area contributed by atoms with Gasteiger partial charge in [-0.1, -0.05) is 11.6 Å². The topological polar surface area (TPSA) is 55.5 Å². The molecule has 0 saturated heterocycles. The Morgan fingerprint density at radius 1 is 1.47 bits per heavy atom. The van der Waals surface area contributed by atoms with E-state index in [9.17, 15) is 4.79 Å². The highest BCUT2D eigenvalue weighted by Gasteiger charge is 2.07. The van der Waals surface area contributed by atoms with Crippen LogP contribution in [0.4, 0.5) is 5.69 Å². The molecule has 2 aromatic rings. The van der Waals surface area contributed by atoms with Crippen LogP contribution in [-0.2, 0) is 4.79 Å². The van der Waals surface area contributed by atoms with Gasteiger partial charge in [-0.05, 0) is 18.2 Å². The number of aliphatic imine (C=N–C) groups is 1. The molecule has 4 nitrogen and oxygen atoms in total. The van der Waals surface area contributed by atoms with Gasteiger partial charge in [-0.2, -0.15) is 4.99 Å². The summed E-state index contributed by atoms with van der Waals surface area (Å²) >= 11 is 5.96. The lowest BCUT2D eigenvalue weighted by molar-refractivity contribution is 0.565. The maximum Gasteiger partial charge on any atom is 0.240 e. The second kappa shape index (κ2) is 4.09. The summed E-state index contributed by atoms with van der Waals surface area (Å²) in [6.07, 6.45) is 4.31. The minimum atomic E-state index is 0.473. The second-order valence-corrected chi connectivity index (χ2v) is 3.14. The highest BCUT2D eigenvalue weighted by atomic mass is 35.5. The van der Waals surface area contributed by atoms with E-state index in [-0.39, 0.29) is 0 Å². The van der Waals surface area contributed by atoms with Crippen molar-refractivity contribution in [2.75, 3.05) is 0 Å². The zero-order valence-corrected chi connectivity index (χ0v) is 8.23. The van der Waals surface area contributed by atoms with Gasteiger partial charge >= 0.3 is 0 Å². The molecule has 1 aromatic carbocycles. The van der Waals surface area contributed by atoms with Crippen molar-refractivity contribution in [3.63, 3.8) is 0 Å². The Balaban J connectivity index is 2.55. The monoisotopic (exact) mass is 220 g/mol. The minimum absolute atomic E-state index is 0.473. The highest BCUT2D eigenvalue weighted by molar-refractivity contribution is 6.33. The van der Waals surface area contributed by atoms with Gasteiger partial charge in [-0.25, -0.2) is 9.78 Å². The summed E-state index contributed by atoms with van der Waals surface area (Å²) in [5.41, 5.74) is 1.12. The molecule has 0 fully saturated rings. The summed E-state index contributed by atoms with van der Waals surface area (Å²) < 4.78 is 5.10. The van der Waals surface area contributed by atoms with Crippen molar-refractivity contribution in [2.24, 2.45) is 4.99 Å². The molecule has 0 N–H and O–H groups in total. The van der Waals surface area contributed by atoms with E-state index in [4.69, 9.17) is 16.0 Å². The number of rotatable bonds is 2. The Morgan fingerprint density at radius 2 is 2.33 bits per heavy atom. The van der Waals surface area contributed by atoms with Crippen LogP contribution in [0.25, 0.3) is 11.3 Å². The first-order chi connectivity index (χ1) is 7.31. The van der Waals surface area contributed by atoms with Crippen LogP contribution in [0.15, 0.2) is 40.2 Å². The lowest BCUT2D eigenvalue weighted by atomic mass is 10.1. The molecule has 0 saturated carbocycles. The quantitative estimate of drug-likeness (QED) is 0.578. The van der Waals surface area contributed by atoms with Gasteiger partial charge in [0.1, 0.15) is 0 Å². The van der Waals surface area contributed by atoms with Crippen molar-refractivity contribution < 1.29 is 9.21 Å². The Morgan fingerprint density at radius 3 is 3.00 bits per heavy atom. The van der Waals surface area contributed by atoms with Gasteiger partial charge in [0.25, 0.3) is 0 Å². The van der Waals surface area contributed by atoms with Gasteiger partial charge in [0.2, 0.25) is 6.08 Å². The van der Waals surface area contributed by atoms with Gasteiger partial charge in [0.15, 0.2) is 12.2 Å². The number of isocyanates is 1. The third-order valence-electron chi connectivity index (χ3n) is 1.82. The van der Waals surface area contributed by atoms with E-state index in [0.29, 0.717) is 22.0 Å². The van der Waals surface area contributed by atoms with Crippen LogP contribution in [0.2, 0.25) is 5.02 Å². The molecule has 5 heteroatoms. The van der Waals surface area contributed by atoms with Gasteiger partial charge < -0.3 is 4.42 Å². The molecule has 0 amide bonds. The molecule has 1 aromatic heterocycles. The van der Waals surface area contributed by atoms with E-state index < -0.39 is 0 Å². The minimum Gasteiger partial charge on any atom is -0.443 e. The zero-order chi connectivity index (χ0) is 10.7. The van der Waals surface area contributed by atoms with Crippen molar-refractivity contribution in [3.8, 4) is 11.3 Å². The molecular weight excluding hydrogens is 216 g/mol. The van der Waals surface area contributed by atoms with E-state index >= 15 is 0 Å². The summed E-state index contributed by atoms with van der Waals surface area (Å²) in [5, 5.41) is 0.511. The lowest BCUT2D eigenvalue weighted by Gasteiger charge is -2.00. The highest BCUT2D eigenvalue weighted by Crippen LogP contribution is 2.30. The fraction of sp³-hybridized carbons (Fsp3) is 0. The number of halogens is 1. The van der Waals surface area contributed by atoms with Crippen molar-refractivity contribution >= 4 is 23.4 Å². The van der Waals surface area contributed by atoms with E-state index in [1.807, 2.05) is 0 Å². The van der Waals surface area contributed by atoms with Crippen molar-refractivity contribution in [3.05, 3.63) is 35.8 Å². The predicted molar refractivity (Wildman–Crippen MR) is 54.7 cm³/mol. The summed E-state index contributed by atoms with van der Waals surface area (Å²) in [6.45, 7) is 0. The summed E-state index contributed by atoms with van der Waals surface area (Å²) in [6, 6.07) is 4.89. The average molecular weight is 221 g/mol. The largest absolute Gasteiger partial charge is 0.443 e. The summed E-state index contributed by atoms with van der Waals surface area (Å²) in [7, 11) is 0. The van der Waals surface area contributed by atoms with E-state index in [0.717, 1.165) is 0 Å². The molecule has 2 rings (SSSR count). The number of hydrogen-bond donors (Lipinski definition) is 0. The number of benzene rings is 1. The molecule has 0 aliphatic heterocycles. The smallest absolute Gasteiger partial charge is 0.240 e. The zero-order valence-electron chi connectivity index (χ0n) is 7.48. The third kappa shape index (κ3) is 1.96. The Bertz CT molecular complexity index is 516. The van der Waals surface area contributed by atoms with Gasteiger partial charge in [-0.3, -0.25) is 0 Å². The number of hydrogen-bond acceptors (Lipinski definition) is 4. The molecule has 1 heterocycles. The molecular formula is C10H5ClN2O2. The van der Waals surface area contributed by atoms with Crippen molar-refractivity contribution in [2.45, 2.75) is 0 Å². The molecule has 74 valence electrons. The lowest BCUT2D eigenvalue weighted by Crippen LogP contribution is -1.76. The second-order valence-electron chi connectivity index (χ2n) is 2.73. The molecule has 0 atom stereocenters. The molecule has 0 spiro atoms. The van der Waals surface area contributed by atoms with Crippen LogP contribution in [-0.4, -0.2) is 11.1 Å². The predicted octanol–water partition coefficient (Wildman–Crippen LogP) is 2.96. The first-order valence-electron chi connectivity index (χ1n) is 4.07. The maximum atomic E-state index is 10.1. The number of nitrogens with zero attached hydrogens (tertiary/aromatic N) is 2. The first-order valence-corrected chi connectivity index (χ1v) is 4.45. The molecule has 0 radical (unpaired) electrons. The van der Waals surface area contributed by atoms with Crippen LogP contribution in [0, 0.1) is 0 Å². The fourth-order valence-corrected chi connectivity index (χ4v) is 1.38. The van der Waals surface area contributed by atoms with Crippen LogP contribution >= 0.6 is 11.6 Å². The fourth-order valence-electron chi connectivity index (χ4n) is 1.17. The SMILES string of the molecule is O=C=Nc1ccc(Cl)c(-c2cnco2)c1. The molecule has 0 unspecified atom stereocenters. The maximum absolute atomic E-state index is 10.1. The number of oxazole rings is 1. The molecule has 0 bridgehead atoms. The van der Waals surface area contributed by atoms with Crippen LogP contribution in [0.3, 0.4) is 0 Å². The van der Waals surface area contributed by atoms with Gasteiger partial charge in [0, 0.05) is 5.56 Å². The summed E-state index contributed by atoms with van der Waals surface area (Å²) in [4.78, 5) is 17.4. The number of carbonyl (C=O) groups excluding carboxylic acids is 1. The number of aromatic nitrogens is 1. The molecule has 15 heavy (non-hydrogen) atoms. The summed E-state index contributed by atoms with van der Waals surface area (Å²) in [5.74, 6) is 0.531. The van der Waals surface area contributed by atoms with Gasteiger partial charge in [0.05, 0.1) is 16.9 Å². The van der Waals surface area contributed by atoms with Crippen LogP contribution in [0.5, 0.6) is 0 Å². The standard InChI is InChI=1S/C10H5ClN2O2/c11-9-2-1-7(13-5-14)3-8(9)10-4-12-6-15-10/h1-4,6H. The third-order valence-corrected chi connectivity index (χ3v) is 2.15. The van der Waals surface area contributed by atoms with E-state index in [1.165, 1.54) is 18.7 Å². The van der Waals surface area contributed by atoms with Crippen LogP contribution < -0.4 is 0 Å². The van der Waals surface area contributed by atoms with E-state index in [2.05, 4.69) is 9.98 Å². The average Bonchev–Trinajstić information content (AvgIpc) is 2.74. The van der Waals surface area contributed by atoms with Crippen molar-refractivity contribution in [1.29, 1.82) is 0 Å². The Hall–Kier alpha value is -1.90. The molecule has 0 aliphatic carbocycles. The normalized spacial score (nSPS) is 9.67.